The van der Waals surface area contributed by atoms with Gasteiger partial charge in [-0.15, -0.1) is 0 Å². The highest BCUT2D eigenvalue weighted by atomic mass is 79.9. The molecule has 0 bridgehead atoms. The number of rotatable bonds is 4. The van der Waals surface area contributed by atoms with Gasteiger partial charge in [0.2, 0.25) is 10.0 Å². The Morgan fingerprint density at radius 3 is 2.63 bits per heavy atom. The fraction of sp³-hybridized carbons (Fsp3) is 0.455. The van der Waals surface area contributed by atoms with Gasteiger partial charge in [0.15, 0.2) is 5.75 Å². The van der Waals surface area contributed by atoms with E-state index in [1.165, 1.54) is 13.2 Å². The topological polar surface area (TPSA) is 75.6 Å². The molecule has 1 saturated carbocycles. The third-order valence-corrected chi connectivity index (χ3v) is 5.24. The van der Waals surface area contributed by atoms with Gasteiger partial charge in [0.05, 0.1) is 17.7 Å². The third kappa shape index (κ3) is 3.22. The maximum Gasteiger partial charge on any atom is 0.244 e. The first-order valence-corrected chi connectivity index (χ1v) is 8.22. The monoisotopic (exact) mass is 369 g/mol. The van der Waals surface area contributed by atoms with Crippen molar-refractivity contribution in [3.63, 3.8) is 0 Å². The first-order chi connectivity index (χ1) is 8.83. The Bertz CT molecular complexity index is 587. The molecule has 0 aromatic heterocycles. The summed E-state index contributed by atoms with van der Waals surface area (Å²) in [6.07, 6.45) is 0.410. The molecule has 19 heavy (non-hydrogen) atoms. The quantitative estimate of drug-likeness (QED) is 0.849. The second kappa shape index (κ2) is 5.57. The molecule has 1 fully saturated rings. The number of hydrogen-bond acceptors (Lipinski definition) is 4. The van der Waals surface area contributed by atoms with Crippen molar-refractivity contribution >= 4 is 37.6 Å². The van der Waals surface area contributed by atoms with E-state index in [2.05, 4.69) is 20.7 Å². The van der Waals surface area contributed by atoms with Crippen LogP contribution in [0.25, 0.3) is 0 Å². The summed E-state index contributed by atoms with van der Waals surface area (Å²) < 4.78 is 32.6. The molecule has 0 aliphatic heterocycles. The zero-order valence-electron chi connectivity index (χ0n) is 10.1. The molecule has 1 aliphatic rings. The summed E-state index contributed by atoms with van der Waals surface area (Å²) in [6.45, 7) is 0. The number of hydrogen-bond donors (Lipinski definition) is 2. The molecule has 5 nitrogen and oxygen atoms in total. The summed E-state index contributed by atoms with van der Waals surface area (Å²) in [7, 11) is -2.34. The molecule has 0 saturated heterocycles. The van der Waals surface area contributed by atoms with Gasteiger partial charge in [-0.2, -0.15) is 0 Å². The van der Waals surface area contributed by atoms with Crippen molar-refractivity contribution in [2.24, 2.45) is 0 Å². The molecule has 2 N–H and O–H groups in total. The number of sulfonamides is 1. The van der Waals surface area contributed by atoms with Crippen molar-refractivity contribution in [2.75, 3.05) is 7.11 Å². The van der Waals surface area contributed by atoms with Crippen LogP contribution in [-0.4, -0.2) is 32.8 Å². The molecular formula is C11H13BrClNO4S. The van der Waals surface area contributed by atoms with Crippen molar-refractivity contribution in [1.29, 1.82) is 0 Å². The average molecular weight is 371 g/mol. The molecule has 0 atom stereocenters. The molecule has 2 rings (SSSR count). The SMILES string of the molecule is COc1c(Br)cc(Cl)cc1S(=O)(=O)NC1CC(O)C1. The smallest absolute Gasteiger partial charge is 0.244 e. The largest absolute Gasteiger partial charge is 0.494 e. The van der Waals surface area contributed by atoms with E-state index in [1.54, 1.807) is 6.07 Å². The maximum absolute atomic E-state index is 12.3. The van der Waals surface area contributed by atoms with Crippen molar-refractivity contribution < 1.29 is 18.3 Å². The second-order valence-electron chi connectivity index (χ2n) is 4.36. The Kier molecular flexibility index (Phi) is 4.42. The summed E-state index contributed by atoms with van der Waals surface area (Å²) in [5.74, 6) is 0.205. The predicted octanol–water partition coefficient (Wildman–Crippen LogP) is 1.91. The van der Waals surface area contributed by atoms with Gasteiger partial charge in [0.25, 0.3) is 0 Å². The Balaban J connectivity index is 2.34. The van der Waals surface area contributed by atoms with E-state index >= 15 is 0 Å². The first-order valence-electron chi connectivity index (χ1n) is 5.57. The van der Waals surface area contributed by atoms with Crippen LogP contribution in [0.5, 0.6) is 5.75 Å². The first kappa shape index (κ1) is 15.1. The average Bonchev–Trinajstić information content (AvgIpc) is 2.25. The molecule has 1 aliphatic carbocycles. The summed E-state index contributed by atoms with van der Waals surface area (Å²) in [5, 5.41) is 9.48. The Morgan fingerprint density at radius 2 is 2.11 bits per heavy atom. The fourth-order valence-electron chi connectivity index (χ4n) is 1.90. The van der Waals surface area contributed by atoms with E-state index in [1.807, 2.05) is 0 Å². The van der Waals surface area contributed by atoms with Crippen LogP contribution < -0.4 is 9.46 Å². The van der Waals surface area contributed by atoms with E-state index in [0.29, 0.717) is 22.3 Å². The number of ether oxygens (including phenoxy) is 1. The molecular weight excluding hydrogens is 358 g/mol. The fourth-order valence-corrected chi connectivity index (χ4v) is 4.55. The van der Waals surface area contributed by atoms with Gasteiger partial charge in [-0.3, -0.25) is 0 Å². The minimum atomic E-state index is -3.73. The predicted molar refractivity (Wildman–Crippen MR) is 75.1 cm³/mol. The van der Waals surface area contributed by atoms with Crippen LogP contribution in [-0.2, 0) is 10.0 Å². The van der Waals surface area contributed by atoms with Gasteiger partial charge in [0, 0.05) is 11.1 Å². The van der Waals surface area contributed by atoms with Crippen LogP contribution in [0.15, 0.2) is 21.5 Å². The Morgan fingerprint density at radius 1 is 1.47 bits per heavy atom. The second-order valence-corrected chi connectivity index (χ2v) is 7.34. The lowest BCUT2D eigenvalue weighted by Gasteiger charge is -2.31. The van der Waals surface area contributed by atoms with E-state index in [9.17, 15) is 13.5 Å². The third-order valence-electron chi connectivity index (χ3n) is 2.90. The standard InChI is InChI=1S/C11H13BrClNO4S/c1-18-11-9(12)2-6(13)3-10(11)19(16,17)14-7-4-8(15)5-7/h2-3,7-8,14-15H,4-5H2,1H3. The van der Waals surface area contributed by atoms with Gasteiger partial charge in [-0.05, 0) is 40.9 Å². The van der Waals surface area contributed by atoms with Gasteiger partial charge >= 0.3 is 0 Å². The molecule has 1 aromatic rings. The summed E-state index contributed by atoms with van der Waals surface area (Å²) >= 11 is 9.09. The van der Waals surface area contributed by atoms with Crippen LogP contribution >= 0.6 is 27.5 Å². The summed E-state index contributed by atoms with van der Waals surface area (Å²) in [4.78, 5) is -0.0178. The van der Waals surface area contributed by atoms with Crippen LogP contribution in [0.2, 0.25) is 5.02 Å². The van der Waals surface area contributed by atoms with Crippen LogP contribution in [0.4, 0.5) is 0 Å². The van der Waals surface area contributed by atoms with Crippen LogP contribution in [0.3, 0.4) is 0 Å². The molecule has 106 valence electrons. The molecule has 0 spiro atoms. The van der Waals surface area contributed by atoms with Crippen molar-refractivity contribution in [3.05, 3.63) is 21.6 Å². The van der Waals surface area contributed by atoms with Crippen molar-refractivity contribution in [2.45, 2.75) is 29.9 Å². The minimum Gasteiger partial charge on any atom is -0.494 e. The highest BCUT2D eigenvalue weighted by Gasteiger charge is 2.33. The molecule has 0 radical (unpaired) electrons. The molecule has 0 amide bonds. The van der Waals surface area contributed by atoms with E-state index in [0.717, 1.165) is 0 Å². The lowest BCUT2D eigenvalue weighted by Crippen LogP contribution is -2.46. The highest BCUT2D eigenvalue weighted by Crippen LogP contribution is 2.36. The van der Waals surface area contributed by atoms with Crippen LogP contribution in [0.1, 0.15) is 12.8 Å². The lowest BCUT2D eigenvalue weighted by molar-refractivity contribution is 0.0712. The minimum absolute atomic E-state index is 0.0178. The van der Waals surface area contributed by atoms with Crippen molar-refractivity contribution in [3.8, 4) is 5.75 Å². The number of benzene rings is 1. The molecule has 0 heterocycles. The number of aliphatic hydroxyl groups excluding tert-OH is 1. The zero-order chi connectivity index (χ0) is 14.2. The van der Waals surface area contributed by atoms with E-state index < -0.39 is 16.1 Å². The zero-order valence-corrected chi connectivity index (χ0v) is 13.2. The summed E-state index contributed by atoms with van der Waals surface area (Å²) in [5.41, 5.74) is 0. The maximum atomic E-state index is 12.3. The number of halogens is 2. The van der Waals surface area contributed by atoms with Crippen LogP contribution in [0, 0.1) is 0 Å². The number of aliphatic hydroxyl groups is 1. The van der Waals surface area contributed by atoms with Gasteiger partial charge in [0.1, 0.15) is 4.90 Å². The Labute approximate surface area is 125 Å². The van der Waals surface area contributed by atoms with E-state index in [4.69, 9.17) is 16.3 Å². The number of nitrogens with one attached hydrogen (secondary N) is 1. The van der Waals surface area contributed by atoms with Gasteiger partial charge < -0.3 is 9.84 Å². The summed E-state index contributed by atoms with van der Waals surface area (Å²) in [6, 6.07) is 2.65. The normalized spacial score (nSPS) is 22.9. The van der Waals surface area contributed by atoms with Crippen molar-refractivity contribution in [1.82, 2.24) is 4.72 Å². The van der Waals surface area contributed by atoms with Gasteiger partial charge in [-0.25, -0.2) is 13.1 Å². The lowest BCUT2D eigenvalue weighted by atomic mass is 9.91. The highest BCUT2D eigenvalue weighted by molar-refractivity contribution is 9.10. The number of methoxy groups -OCH3 is 1. The molecule has 1 aromatic carbocycles. The Hall–Kier alpha value is -0.340. The van der Waals surface area contributed by atoms with Gasteiger partial charge in [-0.1, -0.05) is 11.6 Å². The van der Waals surface area contributed by atoms with E-state index in [-0.39, 0.29) is 16.7 Å². The molecule has 8 heteroatoms. The molecule has 0 unspecified atom stereocenters.